The van der Waals surface area contributed by atoms with Crippen molar-refractivity contribution in [2.75, 3.05) is 4.90 Å². The zero-order chi connectivity index (χ0) is 26.1. The summed E-state index contributed by atoms with van der Waals surface area (Å²) in [6.45, 7) is 0. The number of hydrogen-bond acceptors (Lipinski definition) is 5. The highest BCUT2D eigenvalue weighted by Crippen LogP contribution is 2.55. The van der Waals surface area contributed by atoms with Crippen molar-refractivity contribution in [2.45, 2.75) is 18.0 Å². The minimum Gasteiger partial charge on any atom is -0.457 e. The predicted octanol–water partition coefficient (Wildman–Crippen LogP) is 6.76. The van der Waals surface area contributed by atoms with Crippen LogP contribution in [0, 0.1) is 28.1 Å². The van der Waals surface area contributed by atoms with Crippen molar-refractivity contribution in [1.29, 1.82) is 10.5 Å². The number of carbonyl (C=O) groups is 1. The number of ether oxygens (including phenoxy) is 1. The first-order valence-electron chi connectivity index (χ1n) is 12.5. The Hall–Kier alpha value is -5.13. The van der Waals surface area contributed by atoms with E-state index >= 15 is 0 Å². The number of benzene rings is 4. The highest BCUT2D eigenvalue weighted by molar-refractivity contribution is 6.04. The smallest absolute Gasteiger partial charge is 0.185 e. The fourth-order valence-electron chi connectivity index (χ4n) is 5.78. The van der Waals surface area contributed by atoms with Crippen LogP contribution in [0.1, 0.15) is 27.4 Å². The van der Waals surface area contributed by atoms with E-state index in [1.807, 2.05) is 114 Å². The van der Waals surface area contributed by atoms with E-state index < -0.39 is 23.4 Å². The molecule has 0 amide bonds. The van der Waals surface area contributed by atoms with Crippen molar-refractivity contribution >= 4 is 17.5 Å². The number of rotatable bonds is 5. The number of nitrogens with zero attached hydrogens (tertiary/aromatic N) is 3. The second-order valence-electron chi connectivity index (χ2n) is 9.50. The Bertz CT molecular complexity index is 1600. The van der Waals surface area contributed by atoms with Crippen molar-refractivity contribution < 1.29 is 9.53 Å². The summed E-state index contributed by atoms with van der Waals surface area (Å²) < 4.78 is 6.09. The van der Waals surface area contributed by atoms with Crippen LogP contribution in [0.4, 0.5) is 5.69 Å². The summed E-state index contributed by atoms with van der Waals surface area (Å²) in [5.74, 6) is 0.386. The zero-order valence-corrected chi connectivity index (χ0v) is 20.4. The van der Waals surface area contributed by atoms with Crippen LogP contribution in [-0.4, -0.2) is 17.9 Å². The quantitative estimate of drug-likeness (QED) is 0.287. The van der Waals surface area contributed by atoms with Crippen molar-refractivity contribution in [2.24, 2.45) is 5.41 Å². The lowest BCUT2D eigenvalue weighted by atomic mass is 9.69. The first-order valence-corrected chi connectivity index (χ1v) is 12.5. The second kappa shape index (κ2) is 9.39. The minimum atomic E-state index is -1.51. The zero-order valence-electron chi connectivity index (χ0n) is 20.4. The molecule has 182 valence electrons. The number of fused-ring (bicyclic) bond motifs is 3. The van der Waals surface area contributed by atoms with Gasteiger partial charge in [-0.05, 0) is 41.5 Å². The summed E-state index contributed by atoms with van der Waals surface area (Å²) in [5.41, 5.74) is 1.52. The lowest BCUT2D eigenvalue weighted by Gasteiger charge is -2.35. The summed E-state index contributed by atoms with van der Waals surface area (Å²) in [5, 5.41) is 21.3. The normalized spacial score (nSPS) is 20.5. The standard InChI is InChI=1S/C33H23N3O2/c34-21-33(22-35)29-19-18-23-10-7-8-17-28(23)36(29)31(32(37)24-11-3-1-4-12-24)30(33)25-13-9-16-27(20-25)38-26-14-5-2-6-15-26/h1-20,29-31H. The predicted molar refractivity (Wildman–Crippen MR) is 146 cm³/mol. The molecule has 0 saturated carbocycles. The number of Topliss-reactive ketones (excluding diaryl/α,β-unsaturated/α-hetero) is 1. The van der Waals surface area contributed by atoms with Gasteiger partial charge in [-0.1, -0.05) is 91.0 Å². The summed E-state index contributed by atoms with van der Waals surface area (Å²) in [4.78, 5) is 16.3. The first kappa shape index (κ1) is 23.3. The Kier molecular flexibility index (Phi) is 5.75. The summed E-state index contributed by atoms with van der Waals surface area (Å²) in [7, 11) is 0. The Balaban J connectivity index is 1.55. The molecule has 1 saturated heterocycles. The second-order valence-corrected chi connectivity index (χ2v) is 9.50. The Morgan fingerprint density at radius 2 is 1.45 bits per heavy atom. The molecule has 2 aliphatic heterocycles. The van der Waals surface area contributed by atoms with Crippen LogP contribution >= 0.6 is 0 Å². The Labute approximate surface area is 221 Å². The molecule has 5 nitrogen and oxygen atoms in total. The first-order chi connectivity index (χ1) is 18.7. The average molecular weight is 494 g/mol. The molecule has 4 aromatic carbocycles. The minimum absolute atomic E-state index is 0.132. The van der Waals surface area contributed by atoms with Crippen LogP contribution < -0.4 is 9.64 Å². The summed E-state index contributed by atoms with van der Waals surface area (Å²) in [6, 6.07) is 37.1. The molecule has 0 bridgehead atoms. The highest BCUT2D eigenvalue weighted by Gasteiger charge is 2.63. The molecule has 3 unspecified atom stereocenters. The van der Waals surface area contributed by atoms with Gasteiger partial charge in [-0.15, -0.1) is 0 Å². The Morgan fingerprint density at radius 1 is 0.789 bits per heavy atom. The summed E-state index contributed by atoms with van der Waals surface area (Å²) in [6.07, 6.45) is 3.84. The van der Waals surface area contributed by atoms with Crippen molar-refractivity contribution in [3.63, 3.8) is 0 Å². The van der Waals surface area contributed by atoms with Crippen molar-refractivity contribution in [3.05, 3.63) is 132 Å². The molecule has 0 aliphatic carbocycles. The Morgan fingerprint density at radius 3 is 2.18 bits per heavy atom. The third kappa shape index (κ3) is 3.65. The molecule has 1 fully saturated rings. The van der Waals surface area contributed by atoms with Crippen LogP contribution in [0.2, 0.25) is 0 Å². The maximum absolute atomic E-state index is 14.3. The fourth-order valence-corrected chi connectivity index (χ4v) is 5.78. The van der Waals surface area contributed by atoms with E-state index in [-0.39, 0.29) is 5.78 Å². The van der Waals surface area contributed by atoms with E-state index in [0.717, 1.165) is 11.3 Å². The van der Waals surface area contributed by atoms with E-state index in [0.29, 0.717) is 22.6 Å². The van der Waals surface area contributed by atoms with Crippen LogP contribution in [0.3, 0.4) is 0 Å². The molecule has 0 aromatic heterocycles. The SMILES string of the molecule is N#CC1(C#N)C(c2cccc(Oc3ccccc3)c2)C(C(=O)c2ccccc2)N2c3ccccc3C=CC21. The maximum Gasteiger partial charge on any atom is 0.185 e. The van der Waals surface area contributed by atoms with Gasteiger partial charge >= 0.3 is 0 Å². The number of hydrogen-bond donors (Lipinski definition) is 0. The van der Waals surface area contributed by atoms with E-state index in [4.69, 9.17) is 4.74 Å². The van der Waals surface area contributed by atoms with Gasteiger partial charge in [0.25, 0.3) is 0 Å². The third-order valence-corrected chi connectivity index (χ3v) is 7.44. The maximum atomic E-state index is 14.3. The number of carbonyl (C=O) groups excluding carboxylic acids is 1. The van der Waals surface area contributed by atoms with Gasteiger partial charge in [0, 0.05) is 17.2 Å². The van der Waals surface area contributed by atoms with Crippen LogP contribution in [0.25, 0.3) is 6.08 Å². The van der Waals surface area contributed by atoms with E-state index in [1.165, 1.54) is 0 Å². The molecule has 0 spiro atoms. The van der Waals surface area contributed by atoms with Crippen LogP contribution in [0.15, 0.2) is 115 Å². The molecule has 2 heterocycles. The topological polar surface area (TPSA) is 77.1 Å². The molecular weight excluding hydrogens is 470 g/mol. The number of nitriles is 2. The largest absolute Gasteiger partial charge is 0.457 e. The molecule has 0 radical (unpaired) electrons. The molecule has 0 N–H and O–H groups in total. The molecule has 5 heteroatoms. The van der Waals surface area contributed by atoms with Gasteiger partial charge in [0.1, 0.15) is 17.5 Å². The average Bonchev–Trinajstić information content (AvgIpc) is 3.29. The number of anilines is 1. The van der Waals surface area contributed by atoms with Gasteiger partial charge in [0.15, 0.2) is 11.2 Å². The summed E-state index contributed by atoms with van der Waals surface area (Å²) >= 11 is 0. The highest BCUT2D eigenvalue weighted by atomic mass is 16.5. The van der Waals surface area contributed by atoms with Gasteiger partial charge in [0.05, 0.1) is 18.2 Å². The molecule has 2 aliphatic rings. The molecule has 38 heavy (non-hydrogen) atoms. The molecule has 6 rings (SSSR count). The molecule has 4 aromatic rings. The lowest BCUT2D eigenvalue weighted by Crippen LogP contribution is -2.44. The monoisotopic (exact) mass is 493 g/mol. The van der Waals surface area contributed by atoms with E-state index in [9.17, 15) is 15.3 Å². The lowest BCUT2D eigenvalue weighted by molar-refractivity contribution is 0.0951. The number of ketones is 1. The molecular formula is C33H23N3O2. The van der Waals surface area contributed by atoms with Gasteiger partial charge in [-0.3, -0.25) is 4.79 Å². The van der Waals surface area contributed by atoms with Crippen molar-refractivity contribution in [3.8, 4) is 23.6 Å². The van der Waals surface area contributed by atoms with Crippen LogP contribution in [-0.2, 0) is 0 Å². The van der Waals surface area contributed by atoms with E-state index in [1.54, 1.807) is 12.1 Å². The third-order valence-electron chi connectivity index (χ3n) is 7.44. The fraction of sp³-hybridized carbons (Fsp3) is 0.121. The van der Waals surface area contributed by atoms with Gasteiger partial charge in [-0.25, -0.2) is 0 Å². The van der Waals surface area contributed by atoms with Crippen LogP contribution in [0.5, 0.6) is 11.5 Å². The number of para-hydroxylation sites is 2. The van der Waals surface area contributed by atoms with Gasteiger partial charge in [-0.2, -0.15) is 10.5 Å². The van der Waals surface area contributed by atoms with E-state index in [2.05, 4.69) is 12.1 Å². The van der Waals surface area contributed by atoms with Crippen molar-refractivity contribution in [1.82, 2.24) is 0 Å². The van der Waals surface area contributed by atoms with Gasteiger partial charge < -0.3 is 9.64 Å². The molecule has 3 atom stereocenters. The van der Waals surface area contributed by atoms with Gasteiger partial charge in [0.2, 0.25) is 0 Å².